The van der Waals surface area contributed by atoms with Crippen molar-refractivity contribution in [2.45, 2.75) is 24.0 Å². The number of para-hydroxylation sites is 1. The molecule has 1 aliphatic carbocycles. The lowest BCUT2D eigenvalue weighted by molar-refractivity contribution is 0.380. The van der Waals surface area contributed by atoms with Crippen LogP contribution in [0.3, 0.4) is 0 Å². The van der Waals surface area contributed by atoms with Crippen molar-refractivity contribution in [3.63, 3.8) is 0 Å². The van der Waals surface area contributed by atoms with Crippen LogP contribution in [0.15, 0.2) is 18.2 Å². The number of methoxy groups -OCH3 is 1. The molecule has 3 nitrogen and oxygen atoms in total. The Kier molecular flexibility index (Phi) is 3.72. The summed E-state index contributed by atoms with van der Waals surface area (Å²) in [6, 6.07) is 5.85. The molecule has 0 amide bonds. The van der Waals surface area contributed by atoms with Gasteiger partial charge in [0, 0.05) is 11.3 Å². The number of nitrogens with one attached hydrogen (secondary N) is 1. The maximum atomic E-state index is 6.03. The molecule has 0 unspecified atom stereocenters. The van der Waals surface area contributed by atoms with Gasteiger partial charge in [-0.05, 0) is 31.2 Å². The fourth-order valence-electron chi connectivity index (χ4n) is 2.16. The van der Waals surface area contributed by atoms with Gasteiger partial charge < -0.3 is 15.8 Å². The average Bonchev–Trinajstić information content (AvgIpc) is 2.30. The Balaban J connectivity index is 2.04. The number of thioether (sulfide) groups is 1. The first-order chi connectivity index (χ1) is 8.21. The quantitative estimate of drug-likeness (QED) is 0.791. The highest BCUT2D eigenvalue weighted by molar-refractivity contribution is 8.00. The number of nitrogens with two attached hydrogens (primary N) is 1. The normalized spacial score (nSPS) is 17.3. The first-order valence-corrected chi connectivity index (χ1v) is 7.15. The molecule has 1 aliphatic rings. The summed E-state index contributed by atoms with van der Waals surface area (Å²) in [6.45, 7) is 0.978. The van der Waals surface area contributed by atoms with Crippen LogP contribution in [0.4, 0.5) is 11.4 Å². The average molecular weight is 252 g/mol. The first kappa shape index (κ1) is 12.4. The summed E-state index contributed by atoms with van der Waals surface area (Å²) in [7, 11) is 1.64. The predicted octanol–water partition coefficient (Wildman–Crippen LogP) is 2.98. The Morgan fingerprint density at radius 3 is 2.76 bits per heavy atom. The summed E-state index contributed by atoms with van der Waals surface area (Å²) < 4.78 is 5.63. The van der Waals surface area contributed by atoms with Gasteiger partial charge in [-0.15, -0.1) is 0 Å². The lowest BCUT2D eigenvalue weighted by Gasteiger charge is -2.40. The summed E-state index contributed by atoms with van der Waals surface area (Å²) >= 11 is 1.96. The molecule has 1 aromatic rings. The van der Waals surface area contributed by atoms with Gasteiger partial charge >= 0.3 is 0 Å². The SMILES string of the molecule is COc1cccc(NCC2(SC)CCC2)c1N. The van der Waals surface area contributed by atoms with Crippen molar-refractivity contribution in [3.8, 4) is 5.75 Å². The maximum Gasteiger partial charge on any atom is 0.143 e. The zero-order valence-corrected chi connectivity index (χ0v) is 11.3. The van der Waals surface area contributed by atoms with Crippen molar-refractivity contribution in [1.82, 2.24) is 0 Å². The minimum absolute atomic E-state index is 0.412. The molecule has 0 heterocycles. The molecular weight excluding hydrogens is 232 g/mol. The largest absolute Gasteiger partial charge is 0.495 e. The molecular formula is C13H20N2OS. The van der Waals surface area contributed by atoms with Gasteiger partial charge in [-0.1, -0.05) is 12.5 Å². The van der Waals surface area contributed by atoms with Gasteiger partial charge in [0.2, 0.25) is 0 Å². The Hall–Kier alpha value is -1.03. The van der Waals surface area contributed by atoms with Gasteiger partial charge in [0.1, 0.15) is 5.75 Å². The zero-order valence-electron chi connectivity index (χ0n) is 10.5. The number of benzene rings is 1. The Morgan fingerprint density at radius 1 is 1.47 bits per heavy atom. The van der Waals surface area contributed by atoms with Gasteiger partial charge in [-0.25, -0.2) is 0 Å². The fraction of sp³-hybridized carbons (Fsp3) is 0.538. The fourth-order valence-corrected chi connectivity index (χ4v) is 3.07. The van der Waals surface area contributed by atoms with Crippen molar-refractivity contribution in [2.75, 3.05) is 31.0 Å². The van der Waals surface area contributed by atoms with Crippen LogP contribution >= 0.6 is 11.8 Å². The highest BCUT2D eigenvalue weighted by atomic mass is 32.2. The second kappa shape index (κ2) is 5.08. The molecule has 0 radical (unpaired) electrons. The molecule has 0 spiro atoms. The Labute approximate surface area is 107 Å². The molecule has 1 saturated carbocycles. The second-order valence-electron chi connectivity index (χ2n) is 4.52. The van der Waals surface area contributed by atoms with E-state index in [0.29, 0.717) is 10.4 Å². The van der Waals surface area contributed by atoms with E-state index in [9.17, 15) is 0 Å². The smallest absolute Gasteiger partial charge is 0.143 e. The van der Waals surface area contributed by atoms with E-state index < -0.39 is 0 Å². The van der Waals surface area contributed by atoms with Crippen LogP contribution < -0.4 is 15.8 Å². The molecule has 1 fully saturated rings. The van der Waals surface area contributed by atoms with E-state index in [1.807, 2.05) is 30.0 Å². The van der Waals surface area contributed by atoms with E-state index in [2.05, 4.69) is 11.6 Å². The molecule has 3 N–H and O–H groups in total. The molecule has 17 heavy (non-hydrogen) atoms. The molecule has 0 aromatic heterocycles. The van der Waals surface area contributed by atoms with Crippen LogP contribution in [-0.2, 0) is 0 Å². The lowest BCUT2D eigenvalue weighted by atomic mass is 9.84. The second-order valence-corrected chi connectivity index (χ2v) is 5.79. The topological polar surface area (TPSA) is 47.3 Å². The zero-order chi connectivity index (χ0) is 12.3. The summed E-state index contributed by atoms with van der Waals surface area (Å²) in [4.78, 5) is 0. The van der Waals surface area contributed by atoms with Crippen LogP contribution in [0, 0.1) is 0 Å². The molecule has 0 aliphatic heterocycles. The maximum absolute atomic E-state index is 6.03. The monoisotopic (exact) mass is 252 g/mol. The van der Waals surface area contributed by atoms with Gasteiger partial charge in [0.05, 0.1) is 18.5 Å². The van der Waals surface area contributed by atoms with E-state index in [-0.39, 0.29) is 0 Å². The molecule has 2 rings (SSSR count). The standard InChI is InChI=1S/C13H20N2OS/c1-16-11-6-3-5-10(12(11)14)15-9-13(17-2)7-4-8-13/h3,5-6,15H,4,7-9,14H2,1-2H3. The summed E-state index contributed by atoms with van der Waals surface area (Å²) in [5.41, 5.74) is 7.71. The van der Waals surface area contributed by atoms with Gasteiger partial charge in [-0.2, -0.15) is 11.8 Å². The van der Waals surface area contributed by atoms with Crippen LogP contribution in [0.1, 0.15) is 19.3 Å². The summed E-state index contributed by atoms with van der Waals surface area (Å²) in [5, 5.41) is 3.46. The van der Waals surface area contributed by atoms with Crippen LogP contribution in [-0.4, -0.2) is 24.7 Å². The Morgan fingerprint density at radius 2 is 2.24 bits per heavy atom. The van der Waals surface area contributed by atoms with Crippen molar-refractivity contribution in [1.29, 1.82) is 0 Å². The minimum atomic E-state index is 0.412. The molecule has 1 aromatic carbocycles. The van der Waals surface area contributed by atoms with Crippen molar-refractivity contribution < 1.29 is 4.74 Å². The van der Waals surface area contributed by atoms with Gasteiger partial charge in [0.25, 0.3) is 0 Å². The van der Waals surface area contributed by atoms with Gasteiger partial charge in [-0.3, -0.25) is 0 Å². The van der Waals surface area contributed by atoms with Crippen LogP contribution in [0.25, 0.3) is 0 Å². The molecule has 0 saturated heterocycles. The third-order valence-corrected chi connectivity index (χ3v) is 5.00. The molecule has 4 heteroatoms. The minimum Gasteiger partial charge on any atom is -0.495 e. The number of hydrogen-bond acceptors (Lipinski definition) is 4. The van der Waals surface area contributed by atoms with Crippen LogP contribution in [0.5, 0.6) is 5.75 Å². The van der Waals surface area contributed by atoms with Crippen LogP contribution in [0.2, 0.25) is 0 Å². The lowest BCUT2D eigenvalue weighted by Crippen LogP contribution is -2.40. The van der Waals surface area contributed by atoms with Crippen molar-refractivity contribution in [3.05, 3.63) is 18.2 Å². The van der Waals surface area contributed by atoms with E-state index >= 15 is 0 Å². The highest BCUT2D eigenvalue weighted by Gasteiger charge is 2.35. The van der Waals surface area contributed by atoms with E-state index in [0.717, 1.165) is 18.0 Å². The third kappa shape index (κ3) is 2.46. The number of rotatable bonds is 5. The highest BCUT2D eigenvalue weighted by Crippen LogP contribution is 2.43. The number of hydrogen-bond donors (Lipinski definition) is 2. The first-order valence-electron chi connectivity index (χ1n) is 5.92. The molecule has 94 valence electrons. The number of ether oxygens (including phenoxy) is 1. The Bertz CT molecular complexity index is 385. The summed E-state index contributed by atoms with van der Waals surface area (Å²) in [5.74, 6) is 0.738. The third-order valence-electron chi connectivity index (χ3n) is 3.58. The number of nitrogen functional groups attached to an aromatic ring is 1. The molecule has 0 bridgehead atoms. The van der Waals surface area contributed by atoms with E-state index in [4.69, 9.17) is 10.5 Å². The van der Waals surface area contributed by atoms with Gasteiger partial charge in [0.15, 0.2) is 0 Å². The predicted molar refractivity (Wildman–Crippen MR) is 76.0 cm³/mol. The van der Waals surface area contributed by atoms with Crippen molar-refractivity contribution in [2.24, 2.45) is 0 Å². The van der Waals surface area contributed by atoms with E-state index in [1.54, 1.807) is 7.11 Å². The molecule has 0 atom stereocenters. The summed E-state index contributed by atoms with van der Waals surface area (Å²) in [6.07, 6.45) is 6.13. The number of anilines is 2. The van der Waals surface area contributed by atoms with E-state index in [1.165, 1.54) is 19.3 Å². The van der Waals surface area contributed by atoms with Crippen molar-refractivity contribution >= 4 is 23.1 Å².